The fraction of sp³-hybridized carbons (Fsp3) is 0.0625. The van der Waals surface area contributed by atoms with E-state index in [1.54, 1.807) is 18.2 Å². The molecule has 22 heavy (non-hydrogen) atoms. The zero-order valence-electron chi connectivity index (χ0n) is 11.7. The number of nitrogens with zero attached hydrogens (tertiary/aromatic N) is 2. The molecule has 0 unspecified atom stereocenters. The van der Waals surface area contributed by atoms with Crippen LogP contribution in [-0.2, 0) is 0 Å². The maximum atomic E-state index is 11.9. The predicted molar refractivity (Wildman–Crippen MR) is 85.1 cm³/mol. The van der Waals surface area contributed by atoms with E-state index in [2.05, 4.69) is 15.2 Å². The highest BCUT2D eigenvalue weighted by Crippen LogP contribution is 2.29. The number of hydrogen-bond donors (Lipinski definition) is 1. The van der Waals surface area contributed by atoms with Gasteiger partial charge in [-0.25, -0.2) is 0 Å². The molecule has 2 heterocycles. The molecule has 0 spiro atoms. The van der Waals surface area contributed by atoms with Crippen molar-refractivity contribution in [3.05, 3.63) is 63.9 Å². The monoisotopic (exact) mass is 313 g/mol. The first-order valence-electron chi connectivity index (χ1n) is 6.55. The number of aromatic nitrogens is 3. The Hall–Kier alpha value is -2.66. The number of benzene rings is 1. The van der Waals surface area contributed by atoms with E-state index >= 15 is 0 Å². The van der Waals surface area contributed by atoms with E-state index in [-0.39, 0.29) is 10.6 Å². The smallest absolute Gasteiger partial charge is 0.267 e. The standard InChI is InChI=1S/C16H12ClN3O2/c1-22-14-8-7-13(19-20-14)11-9-12(17)16(21)18-15(11)10-5-3-2-4-6-10/h2-9H,1H3,(H,18,21). The van der Waals surface area contributed by atoms with E-state index in [1.807, 2.05) is 30.3 Å². The molecule has 0 amide bonds. The summed E-state index contributed by atoms with van der Waals surface area (Å²) in [7, 11) is 1.52. The Bertz CT molecular complexity index is 846. The third-order valence-electron chi connectivity index (χ3n) is 3.18. The van der Waals surface area contributed by atoms with Crippen molar-refractivity contribution in [2.24, 2.45) is 0 Å². The van der Waals surface area contributed by atoms with Gasteiger partial charge in [-0.15, -0.1) is 10.2 Å². The van der Waals surface area contributed by atoms with E-state index < -0.39 is 0 Å². The normalized spacial score (nSPS) is 10.5. The Morgan fingerprint density at radius 2 is 1.86 bits per heavy atom. The second-order valence-electron chi connectivity index (χ2n) is 4.56. The van der Waals surface area contributed by atoms with Crippen LogP contribution in [0, 0.1) is 0 Å². The van der Waals surface area contributed by atoms with Crippen LogP contribution in [0.4, 0.5) is 0 Å². The summed E-state index contributed by atoms with van der Waals surface area (Å²) in [6.45, 7) is 0. The quantitative estimate of drug-likeness (QED) is 0.806. The topological polar surface area (TPSA) is 67.9 Å². The Kier molecular flexibility index (Phi) is 3.89. The maximum Gasteiger partial charge on any atom is 0.267 e. The number of pyridine rings is 1. The van der Waals surface area contributed by atoms with Crippen LogP contribution < -0.4 is 10.3 Å². The number of aromatic amines is 1. The second-order valence-corrected chi connectivity index (χ2v) is 4.97. The van der Waals surface area contributed by atoms with Crippen molar-refractivity contribution in [3.63, 3.8) is 0 Å². The van der Waals surface area contributed by atoms with Crippen LogP contribution in [0.2, 0.25) is 5.02 Å². The third-order valence-corrected chi connectivity index (χ3v) is 3.46. The van der Waals surface area contributed by atoms with Crippen molar-refractivity contribution < 1.29 is 4.74 Å². The number of halogens is 1. The van der Waals surface area contributed by atoms with Crippen LogP contribution in [0.15, 0.2) is 53.3 Å². The van der Waals surface area contributed by atoms with E-state index in [0.717, 1.165) is 5.56 Å². The molecule has 0 bridgehead atoms. The van der Waals surface area contributed by atoms with Gasteiger partial charge >= 0.3 is 0 Å². The molecular weight excluding hydrogens is 302 g/mol. The molecule has 0 aliphatic rings. The van der Waals surface area contributed by atoms with Crippen LogP contribution in [0.25, 0.3) is 22.5 Å². The molecule has 0 aliphatic carbocycles. The largest absolute Gasteiger partial charge is 0.480 e. The summed E-state index contributed by atoms with van der Waals surface area (Å²) in [6.07, 6.45) is 0. The van der Waals surface area contributed by atoms with Gasteiger partial charge in [-0.1, -0.05) is 41.9 Å². The molecule has 0 saturated heterocycles. The molecule has 110 valence electrons. The zero-order chi connectivity index (χ0) is 15.5. The van der Waals surface area contributed by atoms with Gasteiger partial charge < -0.3 is 9.72 Å². The molecule has 3 aromatic rings. The minimum absolute atomic E-state index is 0.104. The number of rotatable bonds is 3. The lowest BCUT2D eigenvalue weighted by molar-refractivity contribution is 0.392. The van der Waals surface area contributed by atoms with Gasteiger partial charge in [0.05, 0.1) is 18.5 Å². The van der Waals surface area contributed by atoms with Crippen LogP contribution in [0.1, 0.15) is 0 Å². The zero-order valence-corrected chi connectivity index (χ0v) is 12.5. The lowest BCUT2D eigenvalue weighted by Crippen LogP contribution is -2.09. The maximum absolute atomic E-state index is 11.9. The molecule has 0 aliphatic heterocycles. The summed E-state index contributed by atoms with van der Waals surface area (Å²) in [5.41, 5.74) is 2.47. The van der Waals surface area contributed by atoms with Gasteiger partial charge in [0.25, 0.3) is 5.56 Å². The molecule has 1 N–H and O–H groups in total. The minimum Gasteiger partial charge on any atom is -0.480 e. The summed E-state index contributed by atoms with van der Waals surface area (Å²) in [6, 6.07) is 14.6. The lowest BCUT2D eigenvalue weighted by atomic mass is 10.0. The summed E-state index contributed by atoms with van der Waals surface area (Å²) < 4.78 is 5.01. The first-order chi connectivity index (χ1) is 10.7. The van der Waals surface area contributed by atoms with Crippen LogP contribution >= 0.6 is 11.6 Å². The van der Waals surface area contributed by atoms with Gasteiger partial charge in [-0.2, -0.15) is 0 Å². The first-order valence-corrected chi connectivity index (χ1v) is 6.93. The van der Waals surface area contributed by atoms with Crippen LogP contribution in [-0.4, -0.2) is 22.3 Å². The fourth-order valence-corrected chi connectivity index (χ4v) is 2.27. The molecule has 6 heteroatoms. The Balaban J connectivity index is 2.21. The van der Waals surface area contributed by atoms with E-state index in [1.165, 1.54) is 7.11 Å². The molecule has 0 radical (unpaired) electrons. The Morgan fingerprint density at radius 3 is 2.50 bits per heavy atom. The summed E-state index contributed by atoms with van der Waals surface area (Å²) in [4.78, 5) is 14.7. The number of methoxy groups -OCH3 is 1. The number of nitrogens with one attached hydrogen (secondary N) is 1. The molecule has 0 saturated carbocycles. The highest BCUT2D eigenvalue weighted by molar-refractivity contribution is 6.30. The van der Waals surface area contributed by atoms with E-state index in [4.69, 9.17) is 16.3 Å². The molecule has 0 fully saturated rings. The minimum atomic E-state index is -0.342. The van der Waals surface area contributed by atoms with E-state index in [0.29, 0.717) is 22.8 Å². The summed E-state index contributed by atoms with van der Waals surface area (Å²) in [5.74, 6) is 0.417. The van der Waals surface area contributed by atoms with Crippen molar-refractivity contribution in [3.8, 4) is 28.4 Å². The highest BCUT2D eigenvalue weighted by atomic mass is 35.5. The van der Waals surface area contributed by atoms with Crippen molar-refractivity contribution in [2.75, 3.05) is 7.11 Å². The molecule has 0 atom stereocenters. The predicted octanol–water partition coefficient (Wildman–Crippen LogP) is 3.16. The number of ether oxygens (including phenoxy) is 1. The molecule has 5 nitrogen and oxygen atoms in total. The van der Waals surface area contributed by atoms with Gasteiger partial charge in [0.15, 0.2) is 0 Å². The van der Waals surface area contributed by atoms with Crippen molar-refractivity contribution >= 4 is 11.6 Å². The number of hydrogen-bond acceptors (Lipinski definition) is 4. The van der Waals surface area contributed by atoms with Gasteiger partial charge in [0.1, 0.15) is 5.02 Å². The van der Waals surface area contributed by atoms with Crippen LogP contribution in [0.5, 0.6) is 5.88 Å². The third kappa shape index (κ3) is 2.71. The summed E-state index contributed by atoms with van der Waals surface area (Å²) in [5, 5.41) is 8.18. The van der Waals surface area contributed by atoms with Gasteiger partial charge in [-0.05, 0) is 17.7 Å². The van der Waals surface area contributed by atoms with Gasteiger partial charge in [0.2, 0.25) is 5.88 Å². The highest BCUT2D eigenvalue weighted by Gasteiger charge is 2.13. The second kappa shape index (κ2) is 5.99. The average Bonchev–Trinajstić information content (AvgIpc) is 2.58. The Labute approximate surface area is 131 Å². The van der Waals surface area contributed by atoms with Crippen molar-refractivity contribution in [1.29, 1.82) is 0 Å². The molecule has 1 aromatic carbocycles. The molecular formula is C16H12ClN3O2. The first kappa shape index (κ1) is 14.3. The average molecular weight is 314 g/mol. The van der Waals surface area contributed by atoms with E-state index in [9.17, 15) is 4.79 Å². The fourth-order valence-electron chi connectivity index (χ4n) is 2.11. The molecule has 2 aromatic heterocycles. The van der Waals surface area contributed by atoms with Gasteiger partial charge in [0, 0.05) is 11.6 Å². The van der Waals surface area contributed by atoms with Gasteiger partial charge in [-0.3, -0.25) is 4.79 Å². The lowest BCUT2D eigenvalue weighted by Gasteiger charge is -2.09. The van der Waals surface area contributed by atoms with Crippen LogP contribution in [0.3, 0.4) is 0 Å². The Morgan fingerprint density at radius 1 is 1.09 bits per heavy atom. The summed E-state index contributed by atoms with van der Waals surface area (Å²) >= 11 is 5.97. The molecule has 3 rings (SSSR count). The van der Waals surface area contributed by atoms with Crippen molar-refractivity contribution in [1.82, 2.24) is 15.2 Å². The number of H-pyrrole nitrogens is 1. The van der Waals surface area contributed by atoms with Crippen molar-refractivity contribution in [2.45, 2.75) is 0 Å². The SMILES string of the molecule is COc1ccc(-c2cc(Cl)c(=O)[nH]c2-c2ccccc2)nn1.